The summed E-state index contributed by atoms with van der Waals surface area (Å²) in [5.74, 6) is -0.318. The quantitative estimate of drug-likeness (QED) is 0.785. The number of esters is 1. The van der Waals surface area contributed by atoms with Crippen molar-refractivity contribution in [3.8, 4) is 6.07 Å². The van der Waals surface area contributed by atoms with Gasteiger partial charge in [-0.05, 0) is 28.9 Å². The second kappa shape index (κ2) is 5.47. The maximum atomic E-state index is 11.1. The average molecular weight is 269 g/mol. The summed E-state index contributed by atoms with van der Waals surface area (Å²) in [5, 5.41) is 8.66. The van der Waals surface area contributed by atoms with Crippen LogP contribution < -0.4 is 0 Å². The molecule has 0 atom stereocenters. The highest BCUT2D eigenvalue weighted by Gasteiger charge is 2.07. The van der Waals surface area contributed by atoms with Crippen molar-refractivity contribution in [3.05, 3.63) is 28.0 Å². The second-order valence-corrected chi connectivity index (χ2v) is 3.60. The van der Waals surface area contributed by atoms with Gasteiger partial charge in [0.1, 0.15) is 6.07 Å². The zero-order valence-corrected chi connectivity index (χ0v) is 9.74. The Morgan fingerprint density at radius 2 is 2.47 bits per heavy atom. The Labute approximate surface area is 96.0 Å². The standard InChI is InChI=1S/C10H9BrN2O2/c1-2-15-10(14)4-8-3-9(11)7(5-12)6-13-8/h3,6H,2,4H2,1H3. The molecule has 5 heteroatoms. The number of carbonyl (C=O) groups is 1. The Hall–Kier alpha value is -1.41. The van der Waals surface area contributed by atoms with E-state index in [0.29, 0.717) is 22.3 Å². The lowest BCUT2D eigenvalue weighted by molar-refractivity contribution is -0.142. The van der Waals surface area contributed by atoms with Gasteiger partial charge in [0.05, 0.1) is 24.3 Å². The number of ether oxygens (including phenoxy) is 1. The lowest BCUT2D eigenvalue weighted by atomic mass is 10.2. The van der Waals surface area contributed by atoms with Crippen LogP contribution in [0.25, 0.3) is 0 Å². The van der Waals surface area contributed by atoms with Gasteiger partial charge in [-0.15, -0.1) is 0 Å². The monoisotopic (exact) mass is 268 g/mol. The molecule has 0 bridgehead atoms. The Morgan fingerprint density at radius 1 is 1.73 bits per heavy atom. The van der Waals surface area contributed by atoms with E-state index in [-0.39, 0.29) is 12.4 Å². The smallest absolute Gasteiger partial charge is 0.311 e. The molecule has 0 radical (unpaired) electrons. The van der Waals surface area contributed by atoms with Crippen LogP contribution in [-0.2, 0) is 16.0 Å². The van der Waals surface area contributed by atoms with Crippen molar-refractivity contribution in [2.75, 3.05) is 6.61 Å². The molecule has 1 rings (SSSR count). The first-order valence-corrected chi connectivity index (χ1v) is 5.16. The third-order valence-corrected chi connectivity index (χ3v) is 2.32. The topological polar surface area (TPSA) is 63.0 Å². The predicted molar refractivity (Wildman–Crippen MR) is 57.0 cm³/mol. The summed E-state index contributed by atoms with van der Waals surface area (Å²) in [6.07, 6.45) is 1.55. The Kier molecular flexibility index (Phi) is 4.25. The Balaban J connectivity index is 2.76. The summed E-state index contributed by atoms with van der Waals surface area (Å²) in [6, 6.07) is 3.62. The van der Waals surface area contributed by atoms with Crippen LogP contribution in [-0.4, -0.2) is 17.6 Å². The molecule has 0 amide bonds. The van der Waals surface area contributed by atoms with Gasteiger partial charge in [0.25, 0.3) is 0 Å². The summed E-state index contributed by atoms with van der Waals surface area (Å²) in [4.78, 5) is 15.1. The van der Waals surface area contributed by atoms with E-state index in [9.17, 15) is 4.79 Å². The molecule has 1 aromatic rings. The molecule has 0 fully saturated rings. The van der Waals surface area contributed by atoms with E-state index >= 15 is 0 Å². The van der Waals surface area contributed by atoms with Crippen LogP contribution in [0.3, 0.4) is 0 Å². The van der Waals surface area contributed by atoms with Gasteiger partial charge in [-0.25, -0.2) is 0 Å². The number of halogens is 1. The largest absolute Gasteiger partial charge is 0.466 e. The highest BCUT2D eigenvalue weighted by Crippen LogP contribution is 2.16. The fourth-order valence-electron chi connectivity index (χ4n) is 1.01. The minimum absolute atomic E-state index is 0.123. The van der Waals surface area contributed by atoms with Crippen LogP contribution in [0, 0.1) is 11.3 Å². The minimum atomic E-state index is -0.318. The van der Waals surface area contributed by atoms with Gasteiger partial charge in [0, 0.05) is 10.7 Å². The molecule has 1 aromatic heterocycles. The van der Waals surface area contributed by atoms with E-state index in [0.717, 1.165) is 0 Å². The lowest BCUT2D eigenvalue weighted by Crippen LogP contribution is -2.08. The van der Waals surface area contributed by atoms with Gasteiger partial charge in [-0.2, -0.15) is 5.26 Å². The van der Waals surface area contributed by atoms with Crippen molar-refractivity contribution >= 4 is 21.9 Å². The van der Waals surface area contributed by atoms with Crippen LogP contribution in [0.4, 0.5) is 0 Å². The summed E-state index contributed by atoms with van der Waals surface area (Å²) >= 11 is 3.22. The molecule has 78 valence electrons. The highest BCUT2D eigenvalue weighted by atomic mass is 79.9. The third-order valence-electron chi connectivity index (χ3n) is 1.66. The first-order valence-electron chi connectivity index (χ1n) is 4.37. The van der Waals surface area contributed by atoms with Crippen LogP contribution in [0.1, 0.15) is 18.2 Å². The SMILES string of the molecule is CCOC(=O)Cc1cc(Br)c(C#N)cn1. The first kappa shape index (κ1) is 11.7. The molecule has 0 spiro atoms. The van der Waals surface area contributed by atoms with E-state index in [1.807, 2.05) is 6.07 Å². The molecular formula is C10H9BrN2O2. The molecule has 0 aliphatic carbocycles. The van der Waals surface area contributed by atoms with Gasteiger partial charge in [0.2, 0.25) is 0 Å². The molecule has 0 saturated carbocycles. The Morgan fingerprint density at radius 3 is 3.00 bits per heavy atom. The number of hydrogen-bond donors (Lipinski definition) is 0. The van der Waals surface area contributed by atoms with Crippen molar-refractivity contribution in [1.29, 1.82) is 5.26 Å². The van der Waals surface area contributed by atoms with Gasteiger partial charge < -0.3 is 4.74 Å². The molecule has 0 unspecified atom stereocenters. The van der Waals surface area contributed by atoms with E-state index in [2.05, 4.69) is 20.9 Å². The van der Waals surface area contributed by atoms with E-state index < -0.39 is 0 Å². The van der Waals surface area contributed by atoms with E-state index in [1.165, 1.54) is 6.20 Å². The zero-order chi connectivity index (χ0) is 11.3. The number of rotatable bonds is 3. The molecule has 0 aliphatic rings. The fraction of sp³-hybridized carbons (Fsp3) is 0.300. The van der Waals surface area contributed by atoms with Gasteiger partial charge in [-0.1, -0.05) is 0 Å². The summed E-state index contributed by atoms with van der Waals surface area (Å²) in [6.45, 7) is 2.11. The number of pyridine rings is 1. The first-order chi connectivity index (χ1) is 7.17. The zero-order valence-electron chi connectivity index (χ0n) is 8.16. The lowest BCUT2D eigenvalue weighted by Gasteiger charge is -2.02. The van der Waals surface area contributed by atoms with Crippen molar-refractivity contribution < 1.29 is 9.53 Å². The molecule has 4 nitrogen and oxygen atoms in total. The van der Waals surface area contributed by atoms with Crippen molar-refractivity contribution in [2.45, 2.75) is 13.3 Å². The number of carbonyl (C=O) groups excluding carboxylic acids is 1. The molecule has 1 heterocycles. The maximum Gasteiger partial charge on any atom is 0.311 e. The van der Waals surface area contributed by atoms with Crippen LogP contribution in [0.2, 0.25) is 0 Å². The van der Waals surface area contributed by atoms with Gasteiger partial charge in [-0.3, -0.25) is 9.78 Å². The van der Waals surface area contributed by atoms with Crippen molar-refractivity contribution in [3.63, 3.8) is 0 Å². The van der Waals surface area contributed by atoms with Gasteiger partial charge >= 0.3 is 5.97 Å². The van der Waals surface area contributed by atoms with Gasteiger partial charge in [0.15, 0.2) is 0 Å². The van der Waals surface area contributed by atoms with Crippen molar-refractivity contribution in [1.82, 2.24) is 4.98 Å². The summed E-state index contributed by atoms with van der Waals surface area (Å²) in [5.41, 5.74) is 1.03. The molecule has 15 heavy (non-hydrogen) atoms. The maximum absolute atomic E-state index is 11.1. The van der Waals surface area contributed by atoms with E-state index in [4.69, 9.17) is 10.00 Å². The molecular weight excluding hydrogens is 260 g/mol. The van der Waals surface area contributed by atoms with Crippen LogP contribution in [0.5, 0.6) is 0 Å². The fourth-order valence-corrected chi connectivity index (χ4v) is 1.46. The van der Waals surface area contributed by atoms with Crippen LogP contribution in [0.15, 0.2) is 16.7 Å². The second-order valence-electron chi connectivity index (χ2n) is 2.75. The summed E-state index contributed by atoms with van der Waals surface area (Å²) in [7, 11) is 0. The number of nitrogens with zero attached hydrogens (tertiary/aromatic N) is 2. The minimum Gasteiger partial charge on any atom is -0.466 e. The molecule has 0 saturated heterocycles. The Bertz CT molecular complexity index is 412. The number of nitriles is 1. The highest BCUT2D eigenvalue weighted by molar-refractivity contribution is 9.10. The normalized spacial score (nSPS) is 9.40. The van der Waals surface area contributed by atoms with Crippen molar-refractivity contribution in [2.24, 2.45) is 0 Å². The predicted octanol–water partition coefficient (Wildman–Crippen LogP) is 1.82. The number of hydrogen-bond acceptors (Lipinski definition) is 4. The molecule has 0 N–H and O–H groups in total. The average Bonchev–Trinajstić information content (AvgIpc) is 2.18. The number of aromatic nitrogens is 1. The van der Waals surface area contributed by atoms with Crippen LogP contribution >= 0.6 is 15.9 Å². The third kappa shape index (κ3) is 3.33. The van der Waals surface area contributed by atoms with E-state index in [1.54, 1.807) is 13.0 Å². The molecule has 0 aromatic carbocycles. The molecule has 0 aliphatic heterocycles. The summed E-state index contributed by atoms with van der Waals surface area (Å²) < 4.78 is 5.42.